The number of amides is 1. The van der Waals surface area contributed by atoms with Crippen LogP contribution in [0.25, 0.3) is 0 Å². The minimum absolute atomic E-state index is 0.00316. The summed E-state index contributed by atoms with van der Waals surface area (Å²) in [6.07, 6.45) is 1.63. The molecule has 3 rings (SSSR count). The van der Waals surface area contributed by atoms with Gasteiger partial charge in [-0.25, -0.2) is 0 Å². The van der Waals surface area contributed by atoms with Gasteiger partial charge in [0.15, 0.2) is 0 Å². The molecule has 2 aromatic heterocycles. The molecule has 0 aromatic carbocycles. The summed E-state index contributed by atoms with van der Waals surface area (Å²) in [6, 6.07) is 4.05. The molecule has 0 radical (unpaired) electrons. The number of aliphatic hydroxyl groups excluding tert-OH is 1. The molecule has 2 heterocycles. The van der Waals surface area contributed by atoms with Gasteiger partial charge < -0.3 is 10.4 Å². The van der Waals surface area contributed by atoms with Gasteiger partial charge in [-0.15, -0.1) is 11.3 Å². The Hall–Kier alpha value is -1.66. The number of rotatable bonds is 5. The van der Waals surface area contributed by atoms with E-state index in [0.717, 1.165) is 34.7 Å². The van der Waals surface area contributed by atoms with Crippen LogP contribution in [0, 0.1) is 19.8 Å². The van der Waals surface area contributed by atoms with Crippen molar-refractivity contribution in [2.45, 2.75) is 45.3 Å². The fourth-order valence-corrected chi connectivity index (χ4v) is 3.88. The van der Waals surface area contributed by atoms with E-state index in [4.69, 9.17) is 0 Å². The van der Waals surface area contributed by atoms with Crippen LogP contribution in [-0.2, 0) is 11.2 Å². The number of H-pyrrole nitrogens is 1. The van der Waals surface area contributed by atoms with E-state index in [1.807, 2.05) is 25.3 Å². The molecule has 22 heavy (non-hydrogen) atoms. The quantitative estimate of drug-likeness (QED) is 0.791. The van der Waals surface area contributed by atoms with Gasteiger partial charge in [-0.3, -0.25) is 9.89 Å². The molecule has 1 aliphatic carbocycles. The summed E-state index contributed by atoms with van der Waals surface area (Å²) in [5.41, 5.74) is 2.79. The van der Waals surface area contributed by atoms with Crippen molar-refractivity contribution >= 4 is 17.2 Å². The normalized spacial score (nSPS) is 22.1. The summed E-state index contributed by atoms with van der Waals surface area (Å²) < 4.78 is 0. The fraction of sp³-hybridized carbons (Fsp3) is 0.500. The van der Waals surface area contributed by atoms with Gasteiger partial charge in [0, 0.05) is 16.1 Å². The molecular formula is C16H21N3O2S. The lowest BCUT2D eigenvalue weighted by atomic mass is 9.76. The van der Waals surface area contributed by atoms with Crippen molar-refractivity contribution in [1.82, 2.24) is 15.5 Å². The van der Waals surface area contributed by atoms with Gasteiger partial charge in [-0.2, -0.15) is 5.10 Å². The second-order valence-electron chi connectivity index (χ2n) is 6.04. The van der Waals surface area contributed by atoms with Crippen molar-refractivity contribution in [3.63, 3.8) is 0 Å². The Bertz CT molecular complexity index is 625. The Kier molecular flexibility index (Phi) is 4.31. The second kappa shape index (κ2) is 6.22. The summed E-state index contributed by atoms with van der Waals surface area (Å²) in [4.78, 5) is 13.6. The van der Waals surface area contributed by atoms with Crippen LogP contribution >= 0.6 is 11.3 Å². The van der Waals surface area contributed by atoms with Gasteiger partial charge >= 0.3 is 0 Å². The average molecular weight is 319 g/mol. The minimum atomic E-state index is -0.220. The molecular weight excluding hydrogens is 298 g/mol. The fourth-order valence-electron chi connectivity index (χ4n) is 3.01. The molecule has 3 N–H and O–H groups in total. The number of nitrogens with zero attached hydrogens (tertiary/aromatic N) is 1. The van der Waals surface area contributed by atoms with E-state index in [0.29, 0.717) is 12.3 Å². The smallest absolute Gasteiger partial charge is 0.225 e. The number of aryl methyl sites for hydroxylation is 2. The number of carbonyl (C=O) groups is 1. The highest BCUT2D eigenvalue weighted by Gasteiger charge is 2.36. The zero-order valence-electron chi connectivity index (χ0n) is 12.8. The van der Waals surface area contributed by atoms with E-state index in [-0.39, 0.29) is 18.1 Å². The van der Waals surface area contributed by atoms with Gasteiger partial charge in [-0.1, -0.05) is 6.07 Å². The van der Waals surface area contributed by atoms with Crippen molar-refractivity contribution in [3.8, 4) is 0 Å². The van der Waals surface area contributed by atoms with Gasteiger partial charge in [-0.05, 0) is 44.1 Å². The van der Waals surface area contributed by atoms with Crippen LogP contribution in [0.5, 0.6) is 0 Å². The highest BCUT2D eigenvalue weighted by molar-refractivity contribution is 7.10. The summed E-state index contributed by atoms with van der Waals surface area (Å²) in [5, 5.41) is 21.8. The maximum Gasteiger partial charge on any atom is 0.225 e. The lowest BCUT2D eigenvalue weighted by Crippen LogP contribution is -2.41. The lowest BCUT2D eigenvalue weighted by molar-refractivity contribution is -0.122. The Morgan fingerprint density at radius 3 is 2.86 bits per heavy atom. The Morgan fingerprint density at radius 1 is 1.55 bits per heavy atom. The van der Waals surface area contributed by atoms with Crippen LogP contribution in [0.3, 0.4) is 0 Å². The number of thiophene rings is 1. The minimum Gasteiger partial charge on any atom is -0.393 e. The number of hydrogen-bond donors (Lipinski definition) is 3. The molecule has 0 bridgehead atoms. The highest BCUT2D eigenvalue weighted by atomic mass is 32.1. The van der Waals surface area contributed by atoms with E-state index in [9.17, 15) is 9.90 Å². The van der Waals surface area contributed by atoms with Gasteiger partial charge in [0.05, 0.1) is 24.3 Å². The summed E-state index contributed by atoms with van der Waals surface area (Å²) in [6.45, 7) is 3.84. The lowest BCUT2D eigenvalue weighted by Gasteiger charge is -2.37. The molecule has 1 atom stereocenters. The maximum absolute atomic E-state index is 12.4. The van der Waals surface area contributed by atoms with Crippen molar-refractivity contribution in [3.05, 3.63) is 39.3 Å². The van der Waals surface area contributed by atoms with E-state index < -0.39 is 0 Å². The van der Waals surface area contributed by atoms with Crippen LogP contribution in [0.15, 0.2) is 17.5 Å². The number of aliphatic hydroxyl groups is 1. The first-order valence-corrected chi connectivity index (χ1v) is 8.44. The van der Waals surface area contributed by atoms with Crippen LogP contribution in [0.2, 0.25) is 0 Å². The molecule has 0 unspecified atom stereocenters. The van der Waals surface area contributed by atoms with Crippen molar-refractivity contribution in [2.24, 2.45) is 5.92 Å². The Labute approximate surface area is 133 Å². The van der Waals surface area contributed by atoms with E-state index in [2.05, 4.69) is 21.6 Å². The third-order valence-electron chi connectivity index (χ3n) is 4.41. The molecule has 1 amide bonds. The highest BCUT2D eigenvalue weighted by Crippen LogP contribution is 2.39. The number of nitrogens with one attached hydrogen (secondary N) is 2. The van der Waals surface area contributed by atoms with Gasteiger partial charge in [0.1, 0.15) is 0 Å². The molecule has 118 valence electrons. The molecule has 0 aliphatic heterocycles. The first-order chi connectivity index (χ1) is 10.5. The number of aromatic nitrogens is 2. The monoisotopic (exact) mass is 319 g/mol. The zero-order valence-corrected chi connectivity index (χ0v) is 13.6. The molecule has 6 heteroatoms. The molecule has 1 fully saturated rings. The summed E-state index contributed by atoms with van der Waals surface area (Å²) in [5.74, 6) is 0.330. The Balaban J connectivity index is 1.69. The third-order valence-corrected chi connectivity index (χ3v) is 5.36. The van der Waals surface area contributed by atoms with Crippen molar-refractivity contribution in [2.75, 3.05) is 0 Å². The predicted octanol–water partition coefficient (Wildman–Crippen LogP) is 2.26. The Morgan fingerprint density at radius 2 is 2.32 bits per heavy atom. The van der Waals surface area contributed by atoms with E-state index in [1.165, 1.54) is 0 Å². The van der Waals surface area contributed by atoms with Crippen LogP contribution in [-0.4, -0.2) is 27.3 Å². The van der Waals surface area contributed by atoms with Crippen LogP contribution < -0.4 is 5.32 Å². The largest absolute Gasteiger partial charge is 0.393 e. The van der Waals surface area contributed by atoms with Gasteiger partial charge in [0.25, 0.3) is 0 Å². The first kappa shape index (κ1) is 15.2. The topological polar surface area (TPSA) is 78.0 Å². The van der Waals surface area contributed by atoms with Gasteiger partial charge in [0.2, 0.25) is 5.91 Å². The summed E-state index contributed by atoms with van der Waals surface area (Å²) in [7, 11) is 0. The van der Waals surface area contributed by atoms with Crippen molar-refractivity contribution < 1.29 is 9.90 Å². The van der Waals surface area contributed by atoms with E-state index >= 15 is 0 Å². The standard InChI is InChI=1S/C16H21N3O2S/c1-9-13(10(2)19-18-9)8-15(21)17-16(11-6-12(20)7-11)14-4-3-5-22-14/h3-5,11-12,16,20H,6-8H2,1-2H3,(H,17,21)(H,18,19)/t11?,12?,16-/m1/s1. The van der Waals surface area contributed by atoms with Crippen LogP contribution in [0.1, 0.15) is 40.7 Å². The number of hydrogen-bond acceptors (Lipinski definition) is 4. The van der Waals surface area contributed by atoms with Crippen LogP contribution in [0.4, 0.5) is 0 Å². The second-order valence-corrected chi connectivity index (χ2v) is 7.01. The average Bonchev–Trinajstić information content (AvgIpc) is 3.07. The number of carbonyl (C=O) groups excluding carboxylic acids is 1. The summed E-state index contributed by atoms with van der Waals surface area (Å²) >= 11 is 1.65. The molecule has 2 aromatic rings. The zero-order chi connectivity index (χ0) is 15.7. The molecule has 0 spiro atoms. The third kappa shape index (κ3) is 3.08. The number of aromatic amines is 1. The van der Waals surface area contributed by atoms with E-state index in [1.54, 1.807) is 11.3 Å². The maximum atomic E-state index is 12.4. The first-order valence-electron chi connectivity index (χ1n) is 7.56. The molecule has 0 saturated heterocycles. The SMILES string of the molecule is Cc1n[nH]c(C)c1CC(=O)N[C@@H](c1cccs1)C1CC(O)C1. The molecule has 1 saturated carbocycles. The predicted molar refractivity (Wildman–Crippen MR) is 85.7 cm³/mol. The van der Waals surface area contributed by atoms with Crippen molar-refractivity contribution in [1.29, 1.82) is 0 Å². The molecule has 5 nitrogen and oxygen atoms in total. The molecule has 1 aliphatic rings.